The number of hydrogen-bond donors (Lipinski definition) is 2. The number of nitrogens with zero attached hydrogens (tertiary/aromatic N) is 4. The van der Waals surface area contributed by atoms with Crippen LogP contribution in [0.1, 0.15) is 87.6 Å². The SMILES string of the molecule is CC(C)(C)[C@@H](C(=O)N1CC(O)CC1C(=O)NCc1ccc(C2CC2)c(F)c1)n1cc(C2CC2)nn1. The number of rotatable bonds is 7. The van der Waals surface area contributed by atoms with Crippen molar-refractivity contribution >= 4 is 11.8 Å². The predicted molar refractivity (Wildman–Crippen MR) is 127 cm³/mol. The summed E-state index contributed by atoms with van der Waals surface area (Å²) in [6.45, 7) is 6.10. The lowest BCUT2D eigenvalue weighted by atomic mass is 9.85. The van der Waals surface area contributed by atoms with Gasteiger partial charge in [-0.05, 0) is 54.2 Å². The standard InChI is InChI=1S/C26H34FN5O3/c1-26(2,3)23(32-14-21(29-30-32)17-7-8-17)25(35)31-13-18(33)11-22(31)24(34)28-12-15-4-9-19(16-5-6-16)20(27)10-15/h4,9-10,14,16-18,22-23,33H,5-8,11-13H2,1-3H3,(H,28,34)/t18?,22?,23-/m1/s1. The molecule has 3 atom stereocenters. The lowest BCUT2D eigenvalue weighted by Gasteiger charge is -2.34. The predicted octanol–water partition coefficient (Wildman–Crippen LogP) is 3.04. The number of nitrogens with one attached hydrogen (secondary N) is 1. The quantitative estimate of drug-likeness (QED) is 0.631. The number of aliphatic hydroxyl groups is 1. The maximum absolute atomic E-state index is 14.4. The van der Waals surface area contributed by atoms with Gasteiger partial charge in [-0.3, -0.25) is 9.59 Å². The highest BCUT2D eigenvalue weighted by Crippen LogP contribution is 2.42. The summed E-state index contributed by atoms with van der Waals surface area (Å²) < 4.78 is 16.0. The third kappa shape index (κ3) is 5.10. The summed E-state index contributed by atoms with van der Waals surface area (Å²) >= 11 is 0. The first-order valence-electron chi connectivity index (χ1n) is 12.6. The van der Waals surface area contributed by atoms with E-state index in [1.165, 1.54) is 11.0 Å². The highest BCUT2D eigenvalue weighted by atomic mass is 19.1. The van der Waals surface area contributed by atoms with E-state index < -0.39 is 23.6 Å². The van der Waals surface area contributed by atoms with Crippen LogP contribution in [0.25, 0.3) is 0 Å². The largest absolute Gasteiger partial charge is 0.391 e. The number of carbonyl (C=O) groups is 2. The zero-order chi connectivity index (χ0) is 24.9. The van der Waals surface area contributed by atoms with E-state index in [4.69, 9.17) is 0 Å². The van der Waals surface area contributed by atoms with Gasteiger partial charge in [0.25, 0.3) is 0 Å². The Hall–Kier alpha value is -2.81. The maximum atomic E-state index is 14.4. The van der Waals surface area contributed by atoms with Crippen LogP contribution in [0, 0.1) is 11.2 Å². The molecule has 2 heterocycles. The van der Waals surface area contributed by atoms with Gasteiger partial charge in [0.05, 0.1) is 11.8 Å². The van der Waals surface area contributed by atoms with Gasteiger partial charge >= 0.3 is 0 Å². The van der Waals surface area contributed by atoms with Gasteiger partial charge in [-0.25, -0.2) is 9.07 Å². The fraction of sp³-hybridized carbons (Fsp3) is 0.615. The molecule has 3 aliphatic rings. The van der Waals surface area contributed by atoms with E-state index in [1.54, 1.807) is 10.7 Å². The molecule has 0 bridgehead atoms. The molecule has 9 heteroatoms. The molecule has 5 rings (SSSR count). The van der Waals surface area contributed by atoms with Crippen LogP contribution in [0.2, 0.25) is 0 Å². The Labute approximate surface area is 204 Å². The van der Waals surface area contributed by atoms with E-state index in [2.05, 4.69) is 15.6 Å². The Morgan fingerprint density at radius 1 is 1.20 bits per heavy atom. The minimum Gasteiger partial charge on any atom is -0.391 e. The number of β-amino-alcohol motifs (C(OH)–C–C–N with tert-alkyl or cyclic N) is 1. The summed E-state index contributed by atoms with van der Waals surface area (Å²) in [5.74, 6) is -0.124. The molecule has 2 aromatic rings. The van der Waals surface area contributed by atoms with E-state index in [9.17, 15) is 19.1 Å². The lowest BCUT2D eigenvalue weighted by molar-refractivity contribution is -0.144. The normalized spacial score (nSPS) is 23.4. The van der Waals surface area contributed by atoms with Gasteiger partial charge in [-0.15, -0.1) is 5.10 Å². The van der Waals surface area contributed by atoms with Crippen LogP contribution < -0.4 is 5.32 Å². The van der Waals surface area contributed by atoms with Crippen molar-refractivity contribution in [1.82, 2.24) is 25.2 Å². The Kier molecular flexibility index (Phi) is 6.15. The van der Waals surface area contributed by atoms with Gasteiger partial charge in [0, 0.05) is 31.6 Å². The van der Waals surface area contributed by atoms with Crippen LogP contribution in [0.15, 0.2) is 24.4 Å². The van der Waals surface area contributed by atoms with Gasteiger partial charge in [0.15, 0.2) is 0 Å². The summed E-state index contributed by atoms with van der Waals surface area (Å²) in [6, 6.07) is 3.64. The van der Waals surface area contributed by atoms with Crippen molar-refractivity contribution in [1.29, 1.82) is 0 Å². The summed E-state index contributed by atoms with van der Waals surface area (Å²) in [7, 11) is 0. The fourth-order valence-corrected chi connectivity index (χ4v) is 5.04. The molecule has 2 aliphatic carbocycles. The first-order chi connectivity index (χ1) is 16.6. The Balaban J connectivity index is 1.29. The first kappa shape index (κ1) is 23.9. The number of amides is 2. The average molecular weight is 484 g/mol. The number of benzene rings is 1. The lowest BCUT2D eigenvalue weighted by Crippen LogP contribution is -2.50. The van der Waals surface area contributed by atoms with Gasteiger partial charge in [0.2, 0.25) is 11.8 Å². The highest BCUT2D eigenvalue weighted by molar-refractivity contribution is 5.90. The van der Waals surface area contributed by atoms with E-state index in [0.29, 0.717) is 17.4 Å². The maximum Gasteiger partial charge on any atom is 0.248 e. The zero-order valence-electron chi connectivity index (χ0n) is 20.6. The third-order valence-corrected chi connectivity index (χ3v) is 7.26. The molecular weight excluding hydrogens is 449 g/mol. The second kappa shape index (κ2) is 9.00. The number of carbonyl (C=O) groups excluding carboxylic acids is 2. The molecule has 35 heavy (non-hydrogen) atoms. The highest BCUT2D eigenvalue weighted by Gasteiger charge is 2.45. The van der Waals surface area contributed by atoms with Gasteiger partial charge in [-0.2, -0.15) is 0 Å². The van der Waals surface area contributed by atoms with E-state index >= 15 is 0 Å². The van der Waals surface area contributed by atoms with Crippen molar-refractivity contribution in [3.05, 3.63) is 47.0 Å². The molecule has 1 aliphatic heterocycles. The average Bonchev–Trinajstić information content (AvgIpc) is 3.72. The number of hydrogen-bond acceptors (Lipinski definition) is 5. The Morgan fingerprint density at radius 2 is 1.91 bits per heavy atom. The van der Waals surface area contributed by atoms with Crippen LogP contribution >= 0.6 is 0 Å². The summed E-state index contributed by atoms with van der Waals surface area (Å²) in [4.78, 5) is 28.3. The minimum atomic E-state index is -0.802. The van der Waals surface area contributed by atoms with Crippen LogP contribution in [0.3, 0.4) is 0 Å². The van der Waals surface area contributed by atoms with Crippen LogP contribution in [-0.4, -0.2) is 55.5 Å². The topological polar surface area (TPSA) is 100 Å². The molecule has 188 valence electrons. The Bertz CT molecular complexity index is 1120. The number of likely N-dealkylation sites (tertiary alicyclic amines) is 1. The molecule has 2 saturated carbocycles. The molecular formula is C26H34FN5O3. The van der Waals surface area contributed by atoms with E-state index in [-0.39, 0.29) is 37.1 Å². The van der Waals surface area contributed by atoms with Crippen molar-refractivity contribution in [2.24, 2.45) is 5.41 Å². The monoisotopic (exact) mass is 483 g/mol. The molecule has 1 saturated heterocycles. The molecule has 2 unspecified atom stereocenters. The molecule has 2 N–H and O–H groups in total. The van der Waals surface area contributed by atoms with E-state index in [0.717, 1.165) is 36.9 Å². The van der Waals surface area contributed by atoms with Crippen LogP contribution in [0.5, 0.6) is 0 Å². The summed E-state index contributed by atoms with van der Waals surface area (Å²) in [6.07, 6.45) is 5.42. The molecule has 1 aromatic heterocycles. The number of aromatic nitrogens is 3. The fourth-order valence-electron chi connectivity index (χ4n) is 5.04. The zero-order valence-corrected chi connectivity index (χ0v) is 20.6. The third-order valence-electron chi connectivity index (χ3n) is 7.26. The summed E-state index contributed by atoms with van der Waals surface area (Å²) in [5.41, 5.74) is 1.81. The molecule has 1 aromatic carbocycles. The number of halogens is 1. The van der Waals surface area contributed by atoms with Crippen molar-refractivity contribution in [3.8, 4) is 0 Å². The van der Waals surface area contributed by atoms with Crippen molar-refractivity contribution in [2.75, 3.05) is 6.54 Å². The van der Waals surface area contributed by atoms with Gasteiger partial charge in [-0.1, -0.05) is 38.1 Å². The molecule has 8 nitrogen and oxygen atoms in total. The molecule has 0 spiro atoms. The first-order valence-corrected chi connectivity index (χ1v) is 12.6. The second-order valence-electron chi connectivity index (χ2n) is 11.4. The van der Waals surface area contributed by atoms with Crippen molar-refractivity contribution in [3.63, 3.8) is 0 Å². The van der Waals surface area contributed by atoms with Crippen molar-refractivity contribution in [2.45, 2.75) is 89.4 Å². The van der Waals surface area contributed by atoms with Crippen LogP contribution in [0.4, 0.5) is 4.39 Å². The molecule has 0 radical (unpaired) electrons. The van der Waals surface area contributed by atoms with E-state index in [1.807, 2.05) is 33.0 Å². The number of aliphatic hydroxyl groups excluding tert-OH is 1. The summed E-state index contributed by atoms with van der Waals surface area (Å²) in [5, 5.41) is 21.7. The molecule has 2 amide bonds. The Morgan fingerprint density at radius 3 is 2.54 bits per heavy atom. The molecule has 3 fully saturated rings. The van der Waals surface area contributed by atoms with Crippen LogP contribution in [-0.2, 0) is 16.1 Å². The second-order valence-corrected chi connectivity index (χ2v) is 11.4. The van der Waals surface area contributed by atoms with Gasteiger partial charge < -0.3 is 15.3 Å². The van der Waals surface area contributed by atoms with Crippen molar-refractivity contribution < 1.29 is 19.1 Å². The smallest absolute Gasteiger partial charge is 0.248 e. The van der Waals surface area contributed by atoms with Gasteiger partial charge in [0.1, 0.15) is 17.9 Å². The minimum absolute atomic E-state index is 0.0817.